The van der Waals surface area contributed by atoms with E-state index in [2.05, 4.69) is 15.6 Å². The van der Waals surface area contributed by atoms with Gasteiger partial charge in [-0.25, -0.2) is 4.68 Å². The van der Waals surface area contributed by atoms with Crippen LogP contribution in [-0.4, -0.2) is 27.5 Å². The van der Waals surface area contributed by atoms with Gasteiger partial charge in [0, 0.05) is 24.2 Å². The topological polar surface area (TPSA) is 69.0 Å². The summed E-state index contributed by atoms with van der Waals surface area (Å²) in [7, 11) is 0. The highest BCUT2D eigenvalue weighted by Crippen LogP contribution is 2.28. The molecule has 0 atom stereocenters. The van der Waals surface area contributed by atoms with Gasteiger partial charge >= 0.3 is 0 Å². The molecule has 0 aliphatic carbocycles. The van der Waals surface area contributed by atoms with E-state index in [1.165, 1.54) is 0 Å². The minimum atomic E-state index is -0.156. The Kier molecular flexibility index (Phi) is 3.22. The summed E-state index contributed by atoms with van der Waals surface area (Å²) < 4.78 is 7.28. The van der Waals surface area contributed by atoms with Crippen LogP contribution < -0.4 is 10.1 Å². The second kappa shape index (κ2) is 5.39. The zero-order chi connectivity index (χ0) is 15.8. The van der Waals surface area contributed by atoms with E-state index in [1.807, 2.05) is 31.2 Å². The van der Waals surface area contributed by atoms with Crippen molar-refractivity contribution in [2.45, 2.75) is 19.9 Å². The van der Waals surface area contributed by atoms with E-state index in [9.17, 15) is 4.79 Å². The lowest BCUT2D eigenvalue weighted by Gasteiger charge is -2.07. The summed E-state index contributed by atoms with van der Waals surface area (Å²) in [4.78, 5) is 12.4. The fourth-order valence-electron chi connectivity index (χ4n) is 2.81. The highest BCUT2D eigenvalue weighted by atomic mass is 16.5. The van der Waals surface area contributed by atoms with Crippen molar-refractivity contribution in [3.05, 3.63) is 47.5 Å². The molecule has 1 aliphatic heterocycles. The number of nitrogens with one attached hydrogen (secondary N) is 1. The third kappa shape index (κ3) is 2.42. The molecule has 23 heavy (non-hydrogen) atoms. The lowest BCUT2D eigenvalue weighted by Crippen LogP contribution is -2.11. The molecule has 0 fully saturated rings. The Balaban J connectivity index is 1.59. The molecule has 3 aromatic rings. The van der Waals surface area contributed by atoms with Crippen LogP contribution in [0.5, 0.6) is 5.75 Å². The van der Waals surface area contributed by atoms with Crippen LogP contribution in [0.4, 0.5) is 5.69 Å². The minimum absolute atomic E-state index is 0.156. The molecule has 116 valence electrons. The first kappa shape index (κ1) is 13.8. The summed E-state index contributed by atoms with van der Waals surface area (Å²) in [5, 5.41) is 11.1. The number of hydrogen-bond donors (Lipinski definition) is 1. The molecule has 6 nitrogen and oxygen atoms in total. The Bertz CT molecular complexity index is 901. The van der Waals surface area contributed by atoms with Gasteiger partial charge in [0.2, 0.25) is 0 Å². The average Bonchev–Trinajstić information content (AvgIpc) is 3.19. The first-order valence-electron chi connectivity index (χ1n) is 7.65. The first-order chi connectivity index (χ1) is 11.2. The molecule has 0 unspecified atom stereocenters. The maximum atomic E-state index is 12.4. The molecular formula is C17H16N4O2. The summed E-state index contributed by atoms with van der Waals surface area (Å²) >= 11 is 0. The second-order valence-electron chi connectivity index (χ2n) is 5.48. The summed E-state index contributed by atoms with van der Waals surface area (Å²) in [6.45, 7) is 3.46. The van der Waals surface area contributed by atoms with Gasteiger partial charge in [0.15, 0.2) is 0 Å². The highest BCUT2D eigenvalue weighted by molar-refractivity contribution is 6.06. The van der Waals surface area contributed by atoms with Gasteiger partial charge in [-0.2, -0.15) is 0 Å². The highest BCUT2D eigenvalue weighted by Gasteiger charge is 2.14. The van der Waals surface area contributed by atoms with Gasteiger partial charge in [-0.1, -0.05) is 5.21 Å². The number of rotatable bonds is 3. The number of aryl methyl sites for hydroxylation is 1. The summed E-state index contributed by atoms with van der Waals surface area (Å²) in [6, 6.07) is 11.2. The Labute approximate surface area is 133 Å². The van der Waals surface area contributed by atoms with Crippen molar-refractivity contribution in [1.29, 1.82) is 0 Å². The molecule has 1 amide bonds. The van der Waals surface area contributed by atoms with E-state index in [0.29, 0.717) is 12.2 Å². The van der Waals surface area contributed by atoms with Gasteiger partial charge in [-0.05, 0) is 48.9 Å². The molecule has 1 aromatic heterocycles. The molecule has 0 bridgehead atoms. The monoisotopic (exact) mass is 308 g/mol. The number of carbonyl (C=O) groups excluding carboxylic acids is 1. The third-order valence-electron chi connectivity index (χ3n) is 4.02. The molecular weight excluding hydrogens is 292 g/mol. The largest absolute Gasteiger partial charge is 0.493 e. The number of ether oxygens (including phenoxy) is 1. The lowest BCUT2D eigenvalue weighted by molar-refractivity contribution is 0.102. The van der Waals surface area contributed by atoms with Gasteiger partial charge in [-0.15, -0.1) is 5.10 Å². The summed E-state index contributed by atoms with van der Waals surface area (Å²) in [5.74, 6) is 0.748. The predicted molar refractivity (Wildman–Crippen MR) is 86.8 cm³/mol. The third-order valence-corrected chi connectivity index (χ3v) is 4.02. The molecule has 0 radical (unpaired) electrons. The van der Waals surface area contributed by atoms with Gasteiger partial charge in [-0.3, -0.25) is 4.79 Å². The number of anilines is 1. The molecule has 1 N–H and O–H groups in total. The van der Waals surface area contributed by atoms with Crippen molar-refractivity contribution < 1.29 is 9.53 Å². The van der Waals surface area contributed by atoms with Crippen LogP contribution >= 0.6 is 0 Å². The van der Waals surface area contributed by atoms with Crippen molar-refractivity contribution in [3.8, 4) is 5.75 Å². The van der Waals surface area contributed by atoms with Crippen LogP contribution in [0.25, 0.3) is 11.0 Å². The molecule has 0 spiro atoms. The Morgan fingerprint density at radius 2 is 2.22 bits per heavy atom. The SMILES string of the molecule is CCn1nnc2cc(C(=O)Nc3ccc4c(c3)CCO4)ccc21. The Morgan fingerprint density at radius 3 is 3.09 bits per heavy atom. The first-order valence-corrected chi connectivity index (χ1v) is 7.65. The van der Waals surface area contributed by atoms with Crippen molar-refractivity contribution in [1.82, 2.24) is 15.0 Å². The van der Waals surface area contributed by atoms with E-state index in [-0.39, 0.29) is 5.91 Å². The molecule has 0 saturated heterocycles. The summed E-state index contributed by atoms with van der Waals surface area (Å²) in [6.07, 6.45) is 0.880. The van der Waals surface area contributed by atoms with Crippen molar-refractivity contribution in [2.75, 3.05) is 11.9 Å². The molecule has 6 heteroatoms. The van der Waals surface area contributed by atoms with E-state index in [0.717, 1.165) is 41.0 Å². The smallest absolute Gasteiger partial charge is 0.255 e. The van der Waals surface area contributed by atoms with Crippen molar-refractivity contribution >= 4 is 22.6 Å². The van der Waals surface area contributed by atoms with Crippen LogP contribution in [0.2, 0.25) is 0 Å². The predicted octanol–water partition coefficient (Wildman–Crippen LogP) is 2.64. The number of carbonyl (C=O) groups is 1. The van der Waals surface area contributed by atoms with E-state index < -0.39 is 0 Å². The molecule has 2 heterocycles. The van der Waals surface area contributed by atoms with Crippen LogP contribution in [0.15, 0.2) is 36.4 Å². The number of amides is 1. The average molecular weight is 308 g/mol. The number of hydrogen-bond acceptors (Lipinski definition) is 4. The lowest BCUT2D eigenvalue weighted by atomic mass is 10.1. The zero-order valence-corrected chi connectivity index (χ0v) is 12.7. The molecule has 0 saturated carbocycles. The van der Waals surface area contributed by atoms with Gasteiger partial charge < -0.3 is 10.1 Å². The Morgan fingerprint density at radius 1 is 1.30 bits per heavy atom. The number of benzene rings is 2. The van der Waals surface area contributed by atoms with Crippen molar-refractivity contribution in [3.63, 3.8) is 0 Å². The van der Waals surface area contributed by atoms with Crippen LogP contribution in [0, 0.1) is 0 Å². The normalized spacial score (nSPS) is 12.9. The van der Waals surface area contributed by atoms with Crippen molar-refractivity contribution in [2.24, 2.45) is 0 Å². The standard InChI is InChI=1S/C17H16N4O2/c1-2-21-15-5-3-12(10-14(15)19-20-21)17(22)18-13-4-6-16-11(9-13)7-8-23-16/h3-6,9-10H,2,7-8H2,1H3,(H,18,22). The molecule has 4 rings (SSSR count). The molecule has 2 aromatic carbocycles. The fraction of sp³-hybridized carbons (Fsp3) is 0.235. The maximum absolute atomic E-state index is 12.4. The minimum Gasteiger partial charge on any atom is -0.493 e. The zero-order valence-electron chi connectivity index (χ0n) is 12.7. The quantitative estimate of drug-likeness (QED) is 0.807. The summed E-state index contributed by atoms with van der Waals surface area (Å²) in [5.41, 5.74) is 4.12. The van der Waals surface area contributed by atoms with Gasteiger partial charge in [0.05, 0.1) is 12.1 Å². The number of aromatic nitrogens is 3. The van der Waals surface area contributed by atoms with E-state index in [1.54, 1.807) is 16.8 Å². The molecule has 1 aliphatic rings. The van der Waals surface area contributed by atoms with Gasteiger partial charge in [0.1, 0.15) is 11.3 Å². The second-order valence-corrected chi connectivity index (χ2v) is 5.48. The van der Waals surface area contributed by atoms with Crippen LogP contribution in [0.1, 0.15) is 22.8 Å². The number of fused-ring (bicyclic) bond motifs is 2. The number of nitrogens with zero attached hydrogens (tertiary/aromatic N) is 3. The van der Waals surface area contributed by atoms with Gasteiger partial charge in [0.25, 0.3) is 5.91 Å². The van der Waals surface area contributed by atoms with E-state index >= 15 is 0 Å². The Hall–Kier alpha value is -2.89. The van der Waals surface area contributed by atoms with Crippen LogP contribution in [-0.2, 0) is 13.0 Å². The fourth-order valence-corrected chi connectivity index (χ4v) is 2.81. The van der Waals surface area contributed by atoms with E-state index in [4.69, 9.17) is 4.74 Å². The maximum Gasteiger partial charge on any atom is 0.255 e. The van der Waals surface area contributed by atoms with Crippen LogP contribution in [0.3, 0.4) is 0 Å².